The first-order valence-electron chi connectivity index (χ1n) is 8.54. The maximum Gasteiger partial charge on any atom is 0.262 e. The minimum atomic E-state index is -0.112. The van der Waals surface area contributed by atoms with Gasteiger partial charge in [0.2, 0.25) is 5.91 Å². The van der Waals surface area contributed by atoms with Crippen molar-refractivity contribution in [2.24, 2.45) is 0 Å². The lowest BCUT2D eigenvalue weighted by Crippen LogP contribution is -2.37. The molecule has 1 atom stereocenters. The quantitative estimate of drug-likeness (QED) is 0.723. The molecule has 0 saturated heterocycles. The van der Waals surface area contributed by atoms with Crippen LogP contribution in [0.25, 0.3) is 11.1 Å². The number of nitrogens with zero attached hydrogens (tertiary/aromatic N) is 2. The van der Waals surface area contributed by atoms with Crippen molar-refractivity contribution in [1.82, 2.24) is 10.1 Å². The number of hydrogen-bond acceptors (Lipinski definition) is 4. The van der Waals surface area contributed by atoms with Gasteiger partial charge in [0.05, 0.1) is 25.1 Å². The topological polar surface area (TPSA) is 55.6 Å². The normalized spacial score (nSPS) is 16.5. The Balaban J connectivity index is 1.89. The van der Waals surface area contributed by atoms with Gasteiger partial charge in [-0.2, -0.15) is 0 Å². The molecule has 1 aliphatic heterocycles. The van der Waals surface area contributed by atoms with Crippen molar-refractivity contribution in [2.75, 3.05) is 14.2 Å². The van der Waals surface area contributed by atoms with E-state index in [4.69, 9.17) is 9.26 Å². The van der Waals surface area contributed by atoms with Crippen molar-refractivity contribution >= 4 is 5.91 Å². The molecule has 0 aliphatic carbocycles. The maximum atomic E-state index is 12.5. The van der Waals surface area contributed by atoms with Gasteiger partial charge in [0.15, 0.2) is 0 Å². The fraction of sp³-hybridized carbons (Fsp3) is 0.238. The number of methoxy groups -OCH3 is 1. The number of carbonyl (C=O) groups excluding carboxylic acids is 1. The summed E-state index contributed by atoms with van der Waals surface area (Å²) in [6.45, 7) is 1.87. The monoisotopic (exact) mass is 348 g/mol. The van der Waals surface area contributed by atoms with E-state index in [0.29, 0.717) is 18.1 Å². The van der Waals surface area contributed by atoms with Gasteiger partial charge in [0.1, 0.15) is 5.76 Å². The molecule has 0 radical (unpaired) electrons. The molecule has 3 aromatic rings. The van der Waals surface area contributed by atoms with E-state index in [1.54, 1.807) is 7.11 Å². The Morgan fingerprint density at radius 2 is 1.96 bits per heavy atom. The highest BCUT2D eigenvalue weighted by molar-refractivity contribution is 5.83. The van der Waals surface area contributed by atoms with Crippen molar-refractivity contribution in [3.8, 4) is 17.0 Å². The average Bonchev–Trinajstić information content (AvgIpc) is 3.04. The van der Waals surface area contributed by atoms with E-state index in [-0.39, 0.29) is 11.9 Å². The minimum Gasteiger partial charge on any atom is -0.478 e. The number of likely N-dealkylation sites (N-methyl/N-ethyl adjacent to an activating group) is 1. The summed E-state index contributed by atoms with van der Waals surface area (Å²) in [5.74, 6) is 1.30. The molecule has 1 amide bonds. The summed E-state index contributed by atoms with van der Waals surface area (Å²) in [5.41, 5.74) is 5.09. The number of benzene rings is 2. The molecule has 132 valence electrons. The SMILES string of the molecule is COc1noc(C)c1-c1ccc2c(c1)C(c1ccccc1)N(C)C(=O)C2. The molecule has 26 heavy (non-hydrogen) atoms. The van der Waals surface area contributed by atoms with E-state index in [1.807, 2.05) is 49.2 Å². The van der Waals surface area contributed by atoms with Crippen LogP contribution in [0.1, 0.15) is 28.5 Å². The Kier molecular flexibility index (Phi) is 3.99. The third-order valence-electron chi connectivity index (χ3n) is 4.99. The Morgan fingerprint density at radius 1 is 1.19 bits per heavy atom. The molecule has 1 aliphatic rings. The molecule has 2 heterocycles. The number of aryl methyl sites for hydroxylation is 1. The van der Waals surface area contributed by atoms with E-state index in [2.05, 4.69) is 23.4 Å². The molecule has 0 saturated carbocycles. The first-order valence-corrected chi connectivity index (χ1v) is 8.54. The van der Waals surface area contributed by atoms with Crippen molar-refractivity contribution in [2.45, 2.75) is 19.4 Å². The highest BCUT2D eigenvalue weighted by Gasteiger charge is 2.31. The Labute approximate surface area is 152 Å². The third-order valence-corrected chi connectivity index (χ3v) is 4.99. The summed E-state index contributed by atoms with van der Waals surface area (Å²) in [4.78, 5) is 14.3. The fourth-order valence-electron chi connectivity index (χ4n) is 3.66. The number of aromatic nitrogens is 1. The van der Waals surface area contributed by atoms with Crippen molar-refractivity contribution in [3.63, 3.8) is 0 Å². The van der Waals surface area contributed by atoms with E-state index in [9.17, 15) is 4.79 Å². The Bertz CT molecular complexity index is 963. The van der Waals surface area contributed by atoms with Gasteiger partial charge in [-0.05, 0) is 40.4 Å². The smallest absolute Gasteiger partial charge is 0.262 e. The summed E-state index contributed by atoms with van der Waals surface area (Å²) in [7, 11) is 3.44. The number of rotatable bonds is 3. The number of ether oxygens (including phenoxy) is 1. The highest BCUT2D eigenvalue weighted by Crippen LogP contribution is 2.39. The number of fused-ring (bicyclic) bond motifs is 1. The third kappa shape index (κ3) is 2.56. The van der Waals surface area contributed by atoms with Gasteiger partial charge in [-0.25, -0.2) is 0 Å². The summed E-state index contributed by atoms with van der Waals surface area (Å²) in [6, 6.07) is 16.1. The summed E-state index contributed by atoms with van der Waals surface area (Å²) in [5, 5.41) is 3.97. The molecular formula is C21H20N2O3. The van der Waals surface area contributed by atoms with Gasteiger partial charge in [-0.1, -0.05) is 42.5 Å². The van der Waals surface area contributed by atoms with Crippen LogP contribution in [0.5, 0.6) is 5.88 Å². The Morgan fingerprint density at radius 3 is 2.69 bits per heavy atom. The maximum absolute atomic E-state index is 12.5. The zero-order valence-electron chi connectivity index (χ0n) is 15.0. The van der Waals surface area contributed by atoms with Gasteiger partial charge in [0.25, 0.3) is 5.88 Å². The Hall–Kier alpha value is -3.08. The standard InChI is InChI=1S/C21H20N2O3/c1-13-19(21(25-3)22-26-13)16-10-9-15-12-18(24)23(2)20(17(15)11-16)14-7-5-4-6-8-14/h4-11,20H,12H2,1-3H3. The van der Waals surface area contributed by atoms with Crippen LogP contribution in [0.2, 0.25) is 0 Å². The molecule has 0 spiro atoms. The summed E-state index contributed by atoms with van der Waals surface area (Å²) >= 11 is 0. The van der Waals surface area contributed by atoms with E-state index in [0.717, 1.165) is 27.8 Å². The summed E-state index contributed by atoms with van der Waals surface area (Å²) < 4.78 is 10.6. The molecule has 1 unspecified atom stereocenters. The molecule has 5 nitrogen and oxygen atoms in total. The van der Waals surface area contributed by atoms with E-state index in [1.165, 1.54) is 0 Å². The first kappa shape index (κ1) is 16.4. The highest BCUT2D eigenvalue weighted by atomic mass is 16.5. The lowest BCUT2D eigenvalue weighted by Gasteiger charge is -2.35. The van der Waals surface area contributed by atoms with Crippen LogP contribution < -0.4 is 4.74 Å². The van der Waals surface area contributed by atoms with Crippen LogP contribution in [0, 0.1) is 6.92 Å². The number of carbonyl (C=O) groups is 1. The predicted octanol–water partition coefficient (Wildman–Crippen LogP) is 3.76. The van der Waals surface area contributed by atoms with Crippen molar-refractivity contribution < 1.29 is 14.1 Å². The van der Waals surface area contributed by atoms with E-state index < -0.39 is 0 Å². The van der Waals surface area contributed by atoms with Gasteiger partial charge in [-0.15, -0.1) is 0 Å². The van der Waals surface area contributed by atoms with Crippen LogP contribution in [-0.4, -0.2) is 30.1 Å². The van der Waals surface area contributed by atoms with Crippen molar-refractivity contribution in [1.29, 1.82) is 0 Å². The van der Waals surface area contributed by atoms with Crippen molar-refractivity contribution in [3.05, 3.63) is 71.0 Å². The van der Waals surface area contributed by atoms with Crippen LogP contribution >= 0.6 is 0 Å². The molecule has 5 heteroatoms. The molecule has 0 N–H and O–H groups in total. The minimum absolute atomic E-state index is 0.112. The summed E-state index contributed by atoms with van der Waals surface area (Å²) in [6.07, 6.45) is 0.412. The lowest BCUT2D eigenvalue weighted by atomic mass is 9.86. The second-order valence-corrected chi connectivity index (χ2v) is 6.53. The second kappa shape index (κ2) is 6.33. The van der Waals surface area contributed by atoms with Crippen LogP contribution in [0.15, 0.2) is 53.1 Å². The largest absolute Gasteiger partial charge is 0.478 e. The van der Waals surface area contributed by atoms with Crippen LogP contribution in [-0.2, 0) is 11.2 Å². The zero-order valence-corrected chi connectivity index (χ0v) is 15.0. The number of amides is 1. The molecule has 0 fully saturated rings. The van der Waals surface area contributed by atoms with E-state index >= 15 is 0 Å². The molecule has 2 aromatic carbocycles. The average molecular weight is 348 g/mol. The van der Waals surface area contributed by atoms with Crippen LogP contribution in [0.4, 0.5) is 0 Å². The first-order chi connectivity index (χ1) is 12.6. The van der Waals surface area contributed by atoms with Gasteiger partial charge in [-0.3, -0.25) is 4.79 Å². The van der Waals surface area contributed by atoms with Gasteiger partial charge in [0, 0.05) is 7.05 Å². The number of hydrogen-bond donors (Lipinski definition) is 0. The second-order valence-electron chi connectivity index (χ2n) is 6.53. The molecule has 0 bridgehead atoms. The lowest BCUT2D eigenvalue weighted by molar-refractivity contribution is -0.131. The zero-order chi connectivity index (χ0) is 18.3. The van der Waals surface area contributed by atoms with Gasteiger partial charge >= 0.3 is 0 Å². The molecule has 1 aromatic heterocycles. The molecular weight excluding hydrogens is 328 g/mol. The van der Waals surface area contributed by atoms with Crippen LogP contribution in [0.3, 0.4) is 0 Å². The molecule has 4 rings (SSSR count). The fourth-order valence-corrected chi connectivity index (χ4v) is 3.66. The van der Waals surface area contributed by atoms with Gasteiger partial charge < -0.3 is 14.2 Å². The predicted molar refractivity (Wildman–Crippen MR) is 98.0 cm³/mol.